The Balaban J connectivity index is 1.39. The topological polar surface area (TPSA) is 86.3 Å². The van der Waals surface area contributed by atoms with E-state index in [1.165, 1.54) is 7.11 Å². The van der Waals surface area contributed by atoms with Gasteiger partial charge in [-0.25, -0.2) is 4.79 Å². The summed E-state index contributed by atoms with van der Waals surface area (Å²) in [7, 11) is 1.33. The Labute approximate surface area is 206 Å². The van der Waals surface area contributed by atoms with E-state index in [4.69, 9.17) is 14.2 Å². The van der Waals surface area contributed by atoms with Crippen LogP contribution in [0, 0.1) is 0 Å². The highest BCUT2D eigenvalue weighted by atomic mass is 16.6. The van der Waals surface area contributed by atoms with Crippen molar-refractivity contribution in [3.8, 4) is 17.2 Å². The van der Waals surface area contributed by atoms with Crippen LogP contribution in [0.25, 0.3) is 0 Å². The minimum absolute atomic E-state index is 0.114. The summed E-state index contributed by atoms with van der Waals surface area (Å²) in [4.78, 5) is 11.2. The van der Waals surface area contributed by atoms with Crippen LogP contribution >= 0.6 is 0 Å². The molecule has 0 aliphatic heterocycles. The van der Waals surface area contributed by atoms with Gasteiger partial charge in [0.25, 0.3) is 0 Å². The van der Waals surface area contributed by atoms with Gasteiger partial charge in [0.2, 0.25) is 0 Å². The monoisotopic (exact) mass is 479 g/mol. The molecule has 7 heteroatoms. The number of carbonyl (C=O) groups excluding carboxylic acids is 1. The van der Waals surface area contributed by atoms with Crippen LogP contribution in [0.5, 0.6) is 17.2 Å². The second-order valence-corrected chi connectivity index (χ2v) is 8.21. The number of hydrogen-bond acceptors (Lipinski definition) is 7. The molecule has 2 N–H and O–H groups in total. The number of carbonyl (C=O) groups is 1. The summed E-state index contributed by atoms with van der Waals surface area (Å²) >= 11 is 0. The molecule has 3 rings (SSSR count). The van der Waals surface area contributed by atoms with Gasteiger partial charge in [0.15, 0.2) is 18.1 Å². The molecular weight excluding hydrogens is 446 g/mol. The number of aliphatic hydroxyl groups is 1. The number of para-hydroxylation sites is 2. The van der Waals surface area contributed by atoms with Crippen LogP contribution in [0.3, 0.4) is 0 Å². The molecule has 0 spiro atoms. The van der Waals surface area contributed by atoms with Crippen molar-refractivity contribution in [3.63, 3.8) is 0 Å². The van der Waals surface area contributed by atoms with Crippen LogP contribution in [0.4, 0.5) is 0 Å². The van der Waals surface area contributed by atoms with Crippen molar-refractivity contribution in [1.29, 1.82) is 0 Å². The second-order valence-electron chi connectivity index (χ2n) is 8.21. The standard InChI is InChI=1S/C28H33NO6/c1-21(16-22-12-14-25(15-13-22)33-20-28(31)32-2)29-17-24(30)19-35-27-11-7-6-10-26(27)34-18-23-8-4-3-5-9-23/h3-15,21,24,29-30H,16-20H2,1-2H3/t21-,24+/m1/s1. The summed E-state index contributed by atoms with van der Waals surface area (Å²) in [5.41, 5.74) is 2.19. The summed E-state index contributed by atoms with van der Waals surface area (Å²) in [6, 6.07) is 25.1. The van der Waals surface area contributed by atoms with Gasteiger partial charge in [0.05, 0.1) is 7.11 Å². The Kier molecular flexibility index (Phi) is 10.4. The minimum atomic E-state index is -0.672. The Morgan fingerprint density at radius 1 is 0.857 bits per heavy atom. The number of benzene rings is 3. The molecule has 0 aliphatic rings. The lowest BCUT2D eigenvalue weighted by molar-refractivity contribution is -0.142. The highest BCUT2D eigenvalue weighted by Gasteiger charge is 2.11. The fourth-order valence-electron chi connectivity index (χ4n) is 3.35. The van der Waals surface area contributed by atoms with Gasteiger partial charge in [-0.2, -0.15) is 0 Å². The summed E-state index contributed by atoms with van der Waals surface area (Å²) in [5, 5.41) is 13.7. The van der Waals surface area contributed by atoms with Gasteiger partial charge in [0, 0.05) is 12.6 Å². The van der Waals surface area contributed by atoms with E-state index in [0.29, 0.717) is 30.4 Å². The van der Waals surface area contributed by atoms with Gasteiger partial charge >= 0.3 is 5.97 Å². The predicted molar refractivity (Wildman–Crippen MR) is 134 cm³/mol. The summed E-state index contributed by atoms with van der Waals surface area (Å²) in [6.07, 6.45) is 0.106. The van der Waals surface area contributed by atoms with E-state index in [1.807, 2.05) is 78.9 Å². The highest BCUT2D eigenvalue weighted by Crippen LogP contribution is 2.27. The van der Waals surface area contributed by atoms with Gasteiger partial charge in [-0.3, -0.25) is 0 Å². The molecule has 3 aromatic rings. The average Bonchev–Trinajstić information content (AvgIpc) is 2.90. The largest absolute Gasteiger partial charge is 0.487 e. The molecule has 0 bridgehead atoms. The summed E-state index contributed by atoms with van der Waals surface area (Å²) in [6.45, 7) is 2.94. The quantitative estimate of drug-likeness (QED) is 0.340. The molecule has 0 amide bonds. The molecule has 3 aromatic carbocycles. The van der Waals surface area contributed by atoms with Crippen molar-refractivity contribution in [2.75, 3.05) is 26.9 Å². The molecule has 0 aromatic heterocycles. The lowest BCUT2D eigenvalue weighted by Crippen LogP contribution is -2.37. The maximum atomic E-state index is 11.2. The first-order valence-corrected chi connectivity index (χ1v) is 11.6. The Hall–Kier alpha value is -3.55. The SMILES string of the molecule is COC(=O)COc1ccc(C[C@@H](C)NC[C@H](O)COc2ccccc2OCc2ccccc2)cc1. The Morgan fingerprint density at radius 2 is 1.51 bits per heavy atom. The van der Waals surface area contributed by atoms with Crippen molar-refractivity contribution in [2.24, 2.45) is 0 Å². The molecule has 0 unspecified atom stereocenters. The maximum absolute atomic E-state index is 11.2. The third-order valence-electron chi connectivity index (χ3n) is 5.27. The zero-order chi connectivity index (χ0) is 24.9. The molecule has 2 atom stereocenters. The molecule has 7 nitrogen and oxygen atoms in total. The van der Waals surface area contributed by atoms with Crippen molar-refractivity contribution >= 4 is 5.97 Å². The molecule has 0 heterocycles. The van der Waals surface area contributed by atoms with E-state index in [9.17, 15) is 9.90 Å². The second kappa shape index (κ2) is 14.0. The molecule has 186 valence electrons. The van der Waals surface area contributed by atoms with E-state index in [0.717, 1.165) is 17.5 Å². The lowest BCUT2D eigenvalue weighted by Gasteiger charge is -2.19. The first-order chi connectivity index (χ1) is 17.0. The molecule has 0 aliphatic carbocycles. The molecule has 0 fully saturated rings. The van der Waals surface area contributed by atoms with E-state index in [1.54, 1.807) is 0 Å². The number of ether oxygens (including phenoxy) is 4. The highest BCUT2D eigenvalue weighted by molar-refractivity contribution is 5.70. The van der Waals surface area contributed by atoms with Crippen molar-refractivity contribution in [3.05, 3.63) is 90.0 Å². The van der Waals surface area contributed by atoms with E-state index in [2.05, 4.69) is 17.0 Å². The zero-order valence-corrected chi connectivity index (χ0v) is 20.2. The minimum Gasteiger partial charge on any atom is -0.487 e. The normalized spacial score (nSPS) is 12.4. The number of methoxy groups -OCH3 is 1. The maximum Gasteiger partial charge on any atom is 0.343 e. The van der Waals surface area contributed by atoms with Crippen LogP contribution in [0.2, 0.25) is 0 Å². The van der Waals surface area contributed by atoms with Crippen LogP contribution in [0.1, 0.15) is 18.1 Å². The van der Waals surface area contributed by atoms with E-state index < -0.39 is 12.1 Å². The summed E-state index contributed by atoms with van der Waals surface area (Å²) in [5.74, 6) is 1.44. The first-order valence-electron chi connectivity index (χ1n) is 11.6. The average molecular weight is 480 g/mol. The van der Waals surface area contributed by atoms with Crippen LogP contribution < -0.4 is 19.5 Å². The molecule has 0 saturated carbocycles. The number of hydrogen-bond donors (Lipinski definition) is 2. The molecular formula is C28H33NO6. The first kappa shape index (κ1) is 26.1. The van der Waals surface area contributed by atoms with Gasteiger partial charge in [0.1, 0.15) is 25.1 Å². The third-order valence-corrected chi connectivity index (χ3v) is 5.27. The van der Waals surface area contributed by atoms with Gasteiger partial charge < -0.3 is 29.4 Å². The van der Waals surface area contributed by atoms with E-state index in [-0.39, 0.29) is 19.3 Å². The van der Waals surface area contributed by atoms with Crippen LogP contribution in [-0.2, 0) is 22.6 Å². The molecule has 0 saturated heterocycles. The number of esters is 1. The smallest absolute Gasteiger partial charge is 0.343 e. The predicted octanol–water partition coefficient (Wildman–Crippen LogP) is 3.78. The van der Waals surface area contributed by atoms with Crippen LogP contribution in [-0.4, -0.2) is 50.1 Å². The zero-order valence-electron chi connectivity index (χ0n) is 20.2. The third kappa shape index (κ3) is 9.31. The fourth-order valence-corrected chi connectivity index (χ4v) is 3.35. The van der Waals surface area contributed by atoms with Gasteiger partial charge in [-0.15, -0.1) is 0 Å². The number of aliphatic hydroxyl groups excluding tert-OH is 1. The number of rotatable bonds is 14. The van der Waals surface area contributed by atoms with Gasteiger partial charge in [-0.1, -0.05) is 54.6 Å². The fraction of sp³-hybridized carbons (Fsp3) is 0.321. The van der Waals surface area contributed by atoms with Gasteiger partial charge in [-0.05, 0) is 48.7 Å². The van der Waals surface area contributed by atoms with Crippen molar-refractivity contribution in [1.82, 2.24) is 5.32 Å². The van der Waals surface area contributed by atoms with Crippen LogP contribution in [0.15, 0.2) is 78.9 Å². The lowest BCUT2D eigenvalue weighted by atomic mass is 10.1. The van der Waals surface area contributed by atoms with Crippen molar-refractivity contribution < 1.29 is 28.8 Å². The molecule has 0 radical (unpaired) electrons. The van der Waals surface area contributed by atoms with E-state index >= 15 is 0 Å². The summed E-state index contributed by atoms with van der Waals surface area (Å²) < 4.78 is 21.7. The Bertz CT molecular complexity index is 1030. The van der Waals surface area contributed by atoms with Crippen molar-refractivity contribution in [2.45, 2.75) is 32.1 Å². The number of nitrogens with one attached hydrogen (secondary N) is 1. The molecule has 35 heavy (non-hydrogen) atoms. The Morgan fingerprint density at radius 3 is 2.20 bits per heavy atom.